The van der Waals surface area contributed by atoms with Gasteiger partial charge in [0.15, 0.2) is 0 Å². The maximum Gasteiger partial charge on any atom is 0.242 e. The lowest BCUT2D eigenvalue weighted by Crippen LogP contribution is -2.29. The van der Waals surface area contributed by atoms with Crippen LogP contribution in [0.2, 0.25) is 19.6 Å². The molecule has 0 aliphatic carbocycles. The number of hydrogen-bond donors (Lipinski definition) is 0. The van der Waals surface area contributed by atoms with Gasteiger partial charge in [0.2, 0.25) is 8.32 Å². The SMILES string of the molecule is C[Si](C)(C)Oc1ccc2ccccc2c1N=Nc1ccccc1. The number of fused-ring (bicyclic) bond motifs is 1. The van der Waals surface area contributed by atoms with Crippen molar-refractivity contribution in [2.75, 3.05) is 0 Å². The molecule has 3 rings (SSSR count). The minimum absolute atomic E-state index is 0.800. The van der Waals surface area contributed by atoms with Gasteiger partial charge in [-0.15, -0.1) is 5.11 Å². The average molecular weight is 320 g/mol. The van der Waals surface area contributed by atoms with Crippen LogP contribution in [0.1, 0.15) is 0 Å². The summed E-state index contributed by atoms with van der Waals surface area (Å²) in [5.74, 6) is 0.808. The van der Waals surface area contributed by atoms with Crippen LogP contribution in [0, 0.1) is 0 Å². The first-order valence-electron chi connectivity index (χ1n) is 7.70. The molecular weight excluding hydrogens is 300 g/mol. The fourth-order valence-corrected chi connectivity index (χ4v) is 3.18. The molecule has 3 aromatic carbocycles. The molecule has 0 fully saturated rings. The number of benzene rings is 3. The van der Waals surface area contributed by atoms with Crippen molar-refractivity contribution in [3.05, 3.63) is 66.7 Å². The van der Waals surface area contributed by atoms with Crippen LogP contribution in [-0.4, -0.2) is 8.32 Å². The summed E-state index contributed by atoms with van der Waals surface area (Å²) in [5, 5.41) is 11.1. The van der Waals surface area contributed by atoms with Gasteiger partial charge in [0.05, 0.1) is 5.69 Å². The molecule has 3 aromatic rings. The zero-order valence-corrected chi connectivity index (χ0v) is 14.7. The van der Waals surface area contributed by atoms with E-state index in [2.05, 4.69) is 48.1 Å². The fourth-order valence-electron chi connectivity index (χ4n) is 2.35. The van der Waals surface area contributed by atoms with Gasteiger partial charge in [0.1, 0.15) is 11.4 Å². The van der Waals surface area contributed by atoms with Gasteiger partial charge in [-0.05, 0) is 43.2 Å². The standard InChI is InChI=1S/C19H20N2OSi/c1-23(2,3)22-18-14-13-15-9-7-8-12-17(15)19(18)21-20-16-10-5-4-6-11-16/h4-14H,1-3H3. The van der Waals surface area contributed by atoms with E-state index in [-0.39, 0.29) is 0 Å². The van der Waals surface area contributed by atoms with Crippen molar-refractivity contribution in [1.82, 2.24) is 0 Å². The van der Waals surface area contributed by atoms with Crippen molar-refractivity contribution in [1.29, 1.82) is 0 Å². The van der Waals surface area contributed by atoms with Crippen molar-refractivity contribution in [3.63, 3.8) is 0 Å². The Bertz CT molecular complexity index is 839. The lowest BCUT2D eigenvalue weighted by atomic mass is 10.1. The van der Waals surface area contributed by atoms with E-state index in [9.17, 15) is 0 Å². The Morgan fingerprint density at radius 3 is 2.17 bits per heavy atom. The molecule has 0 saturated heterocycles. The molecule has 0 heterocycles. The van der Waals surface area contributed by atoms with Gasteiger partial charge in [0.25, 0.3) is 0 Å². The molecule has 0 spiro atoms. The second kappa shape index (κ2) is 6.34. The number of hydrogen-bond acceptors (Lipinski definition) is 3. The zero-order valence-electron chi connectivity index (χ0n) is 13.7. The molecule has 3 nitrogen and oxygen atoms in total. The second-order valence-electron chi connectivity index (χ2n) is 6.38. The molecule has 0 unspecified atom stereocenters. The van der Waals surface area contributed by atoms with Gasteiger partial charge in [-0.2, -0.15) is 5.11 Å². The predicted molar refractivity (Wildman–Crippen MR) is 98.5 cm³/mol. The summed E-state index contributed by atoms with van der Waals surface area (Å²) in [6, 6.07) is 22.0. The van der Waals surface area contributed by atoms with Gasteiger partial charge in [0, 0.05) is 5.39 Å². The molecule has 0 aliphatic rings. The Kier molecular flexibility index (Phi) is 4.26. The van der Waals surface area contributed by atoms with Crippen molar-refractivity contribution in [3.8, 4) is 5.75 Å². The van der Waals surface area contributed by atoms with E-state index in [0.717, 1.165) is 27.9 Å². The van der Waals surface area contributed by atoms with Crippen LogP contribution in [0.4, 0.5) is 11.4 Å². The van der Waals surface area contributed by atoms with Gasteiger partial charge >= 0.3 is 0 Å². The van der Waals surface area contributed by atoms with Gasteiger partial charge in [-0.3, -0.25) is 0 Å². The van der Waals surface area contributed by atoms with Crippen LogP contribution in [-0.2, 0) is 0 Å². The minimum Gasteiger partial charge on any atom is -0.543 e. The summed E-state index contributed by atoms with van der Waals surface area (Å²) in [7, 11) is -1.73. The van der Waals surface area contributed by atoms with Crippen LogP contribution >= 0.6 is 0 Å². The van der Waals surface area contributed by atoms with Gasteiger partial charge in [-0.1, -0.05) is 48.5 Å². The van der Waals surface area contributed by atoms with Crippen molar-refractivity contribution in [2.24, 2.45) is 10.2 Å². The van der Waals surface area contributed by atoms with Crippen molar-refractivity contribution < 1.29 is 4.43 Å². The minimum atomic E-state index is -1.73. The molecule has 0 aromatic heterocycles. The van der Waals surface area contributed by atoms with Gasteiger partial charge in [-0.25, -0.2) is 0 Å². The average Bonchev–Trinajstić information content (AvgIpc) is 2.53. The highest BCUT2D eigenvalue weighted by Gasteiger charge is 2.19. The highest BCUT2D eigenvalue weighted by Crippen LogP contribution is 2.38. The molecule has 0 N–H and O–H groups in total. The maximum absolute atomic E-state index is 6.21. The normalized spacial score (nSPS) is 12.0. The smallest absolute Gasteiger partial charge is 0.242 e. The highest BCUT2D eigenvalue weighted by atomic mass is 28.4. The zero-order chi connectivity index (χ0) is 16.3. The monoisotopic (exact) mass is 320 g/mol. The summed E-state index contributed by atoms with van der Waals surface area (Å²) in [4.78, 5) is 0. The molecule has 0 amide bonds. The van der Waals surface area contributed by atoms with E-state index in [4.69, 9.17) is 4.43 Å². The first-order chi connectivity index (χ1) is 11.0. The summed E-state index contributed by atoms with van der Waals surface area (Å²) in [5.41, 5.74) is 1.63. The Morgan fingerprint density at radius 1 is 0.739 bits per heavy atom. The van der Waals surface area contributed by atoms with Crippen LogP contribution in [0.5, 0.6) is 5.75 Å². The number of nitrogens with zero attached hydrogens (tertiary/aromatic N) is 2. The topological polar surface area (TPSA) is 34.0 Å². The predicted octanol–water partition coefficient (Wildman–Crippen LogP) is 6.47. The number of azo groups is 1. The fraction of sp³-hybridized carbons (Fsp3) is 0.158. The largest absolute Gasteiger partial charge is 0.543 e. The molecule has 4 heteroatoms. The first-order valence-corrected chi connectivity index (χ1v) is 11.1. The van der Waals surface area contributed by atoms with Crippen LogP contribution in [0.25, 0.3) is 10.8 Å². The van der Waals surface area contributed by atoms with Crippen LogP contribution in [0.3, 0.4) is 0 Å². The quantitative estimate of drug-likeness (QED) is 0.400. The number of rotatable bonds is 4. The lowest BCUT2D eigenvalue weighted by Gasteiger charge is -2.21. The van der Waals surface area contributed by atoms with Crippen molar-refractivity contribution in [2.45, 2.75) is 19.6 Å². The molecule has 23 heavy (non-hydrogen) atoms. The summed E-state index contributed by atoms with van der Waals surface area (Å²) in [6.45, 7) is 6.50. The highest BCUT2D eigenvalue weighted by molar-refractivity contribution is 6.70. The van der Waals surface area contributed by atoms with E-state index in [1.807, 2.05) is 48.5 Å². The van der Waals surface area contributed by atoms with Gasteiger partial charge < -0.3 is 4.43 Å². The Morgan fingerprint density at radius 2 is 1.43 bits per heavy atom. The summed E-state index contributed by atoms with van der Waals surface area (Å²) in [6.07, 6.45) is 0. The summed E-state index contributed by atoms with van der Waals surface area (Å²) >= 11 is 0. The molecule has 0 aliphatic heterocycles. The molecule has 0 atom stereocenters. The Labute approximate surface area is 137 Å². The van der Waals surface area contributed by atoms with E-state index >= 15 is 0 Å². The maximum atomic E-state index is 6.21. The summed E-state index contributed by atoms with van der Waals surface area (Å²) < 4.78 is 6.21. The Hall–Kier alpha value is -2.46. The third-order valence-electron chi connectivity index (χ3n) is 3.30. The molecule has 116 valence electrons. The van der Waals surface area contributed by atoms with Crippen molar-refractivity contribution >= 4 is 30.5 Å². The van der Waals surface area contributed by atoms with E-state index in [1.54, 1.807) is 0 Å². The van der Waals surface area contributed by atoms with Crippen LogP contribution in [0.15, 0.2) is 77.0 Å². The molecule has 0 bridgehead atoms. The lowest BCUT2D eigenvalue weighted by molar-refractivity contribution is 0.559. The Balaban J connectivity index is 2.11. The van der Waals surface area contributed by atoms with Crippen LogP contribution < -0.4 is 4.43 Å². The molecular formula is C19H20N2OSi. The molecule has 0 radical (unpaired) electrons. The third kappa shape index (κ3) is 3.84. The third-order valence-corrected chi connectivity index (χ3v) is 4.13. The van der Waals surface area contributed by atoms with E-state index in [0.29, 0.717) is 0 Å². The first kappa shape index (κ1) is 15.4. The van der Waals surface area contributed by atoms with E-state index in [1.165, 1.54) is 0 Å². The van der Waals surface area contributed by atoms with E-state index < -0.39 is 8.32 Å². The second-order valence-corrected chi connectivity index (χ2v) is 10.8. The molecule has 0 saturated carbocycles.